The number of nitrogens with zero attached hydrogens (tertiary/aromatic N) is 1. The molecule has 0 aliphatic rings. The van der Waals surface area contributed by atoms with Gasteiger partial charge in [0.1, 0.15) is 5.75 Å². The zero-order chi connectivity index (χ0) is 22.1. The molecule has 0 atom stereocenters. The molecule has 0 fully saturated rings. The predicted octanol–water partition coefficient (Wildman–Crippen LogP) is 3.58. The Balaban J connectivity index is 1.83. The van der Waals surface area contributed by atoms with Crippen molar-refractivity contribution < 1.29 is 17.9 Å². The van der Waals surface area contributed by atoms with Crippen LogP contribution in [-0.4, -0.2) is 52.1 Å². The lowest BCUT2D eigenvalue weighted by molar-refractivity contribution is -0.120. The standard InChI is InChI=1S/C21H27ClN2O4S2/c1-24(2)30(26,27)18-9-10-20(28-3)16(14-18)8-11-21(25)23-12-13-29-15-17-6-4-5-7-19(17)22/h4-7,9-10,14H,8,11-13,15H2,1-3H3,(H,23,25). The number of carbonyl (C=O) groups is 1. The molecule has 0 heterocycles. The summed E-state index contributed by atoms with van der Waals surface area (Å²) in [6, 6.07) is 12.4. The fourth-order valence-electron chi connectivity index (χ4n) is 2.72. The van der Waals surface area contributed by atoms with E-state index in [9.17, 15) is 13.2 Å². The Morgan fingerprint density at radius 1 is 1.17 bits per heavy atom. The van der Waals surface area contributed by atoms with Gasteiger partial charge in [-0.05, 0) is 41.8 Å². The van der Waals surface area contributed by atoms with Gasteiger partial charge in [0.15, 0.2) is 0 Å². The average molecular weight is 471 g/mol. The Bertz CT molecular complexity index is 965. The van der Waals surface area contributed by atoms with Gasteiger partial charge in [0.25, 0.3) is 0 Å². The first kappa shape index (κ1) is 24.5. The van der Waals surface area contributed by atoms with Crippen molar-refractivity contribution in [3.05, 3.63) is 58.6 Å². The molecule has 1 N–H and O–H groups in total. The highest BCUT2D eigenvalue weighted by molar-refractivity contribution is 7.98. The normalized spacial score (nSPS) is 11.5. The molecule has 0 unspecified atom stereocenters. The van der Waals surface area contributed by atoms with E-state index in [4.69, 9.17) is 16.3 Å². The third kappa shape index (κ3) is 6.91. The molecule has 0 aliphatic carbocycles. The van der Waals surface area contributed by atoms with E-state index >= 15 is 0 Å². The number of rotatable bonds is 11. The van der Waals surface area contributed by atoms with Crippen molar-refractivity contribution in [2.24, 2.45) is 0 Å². The second-order valence-electron chi connectivity index (χ2n) is 6.76. The molecule has 0 saturated heterocycles. The van der Waals surface area contributed by atoms with Crippen molar-refractivity contribution in [2.75, 3.05) is 33.5 Å². The van der Waals surface area contributed by atoms with Crippen molar-refractivity contribution in [1.29, 1.82) is 0 Å². The third-order valence-electron chi connectivity index (χ3n) is 4.44. The Labute approximate surface area is 188 Å². The summed E-state index contributed by atoms with van der Waals surface area (Å²) in [5.41, 5.74) is 1.76. The predicted molar refractivity (Wildman–Crippen MR) is 123 cm³/mol. The summed E-state index contributed by atoms with van der Waals surface area (Å²) in [6.45, 7) is 0.556. The summed E-state index contributed by atoms with van der Waals surface area (Å²) < 4.78 is 31.2. The zero-order valence-corrected chi connectivity index (χ0v) is 19.7. The number of aryl methyl sites for hydroxylation is 1. The first-order valence-corrected chi connectivity index (χ1v) is 12.4. The molecule has 0 bridgehead atoms. The summed E-state index contributed by atoms with van der Waals surface area (Å²) in [5.74, 6) is 2.04. The number of methoxy groups -OCH3 is 1. The number of sulfonamides is 1. The van der Waals surface area contributed by atoms with Gasteiger partial charge in [-0.1, -0.05) is 29.8 Å². The van der Waals surface area contributed by atoms with Gasteiger partial charge in [0.2, 0.25) is 15.9 Å². The van der Waals surface area contributed by atoms with Crippen LogP contribution in [0.4, 0.5) is 0 Å². The monoisotopic (exact) mass is 470 g/mol. The molecule has 2 rings (SSSR count). The van der Waals surface area contributed by atoms with Gasteiger partial charge in [-0.15, -0.1) is 0 Å². The van der Waals surface area contributed by atoms with Crippen LogP contribution in [0.2, 0.25) is 5.02 Å². The van der Waals surface area contributed by atoms with Crippen molar-refractivity contribution in [1.82, 2.24) is 9.62 Å². The number of thioether (sulfide) groups is 1. The second kappa shape index (κ2) is 11.6. The van der Waals surface area contributed by atoms with Gasteiger partial charge in [-0.2, -0.15) is 11.8 Å². The maximum absolute atomic E-state index is 12.3. The summed E-state index contributed by atoms with van der Waals surface area (Å²) in [6.07, 6.45) is 0.634. The van der Waals surface area contributed by atoms with Crippen LogP contribution in [-0.2, 0) is 27.0 Å². The number of hydrogen-bond acceptors (Lipinski definition) is 5. The smallest absolute Gasteiger partial charge is 0.242 e. The molecule has 2 aromatic carbocycles. The minimum atomic E-state index is -3.54. The van der Waals surface area contributed by atoms with Crippen LogP contribution < -0.4 is 10.1 Å². The van der Waals surface area contributed by atoms with Gasteiger partial charge < -0.3 is 10.1 Å². The molecule has 0 spiro atoms. The van der Waals surface area contributed by atoms with E-state index in [-0.39, 0.29) is 17.2 Å². The van der Waals surface area contributed by atoms with Crippen LogP contribution in [0.1, 0.15) is 17.5 Å². The fraction of sp³-hybridized carbons (Fsp3) is 0.381. The van der Waals surface area contributed by atoms with E-state index in [2.05, 4.69) is 5.32 Å². The maximum atomic E-state index is 12.3. The lowest BCUT2D eigenvalue weighted by atomic mass is 10.1. The molecule has 0 aromatic heterocycles. The summed E-state index contributed by atoms with van der Waals surface area (Å²) in [7, 11) is 0.944. The Kier molecular flexibility index (Phi) is 9.48. The van der Waals surface area contributed by atoms with Gasteiger partial charge in [0.05, 0.1) is 12.0 Å². The van der Waals surface area contributed by atoms with E-state index in [1.165, 1.54) is 27.3 Å². The Hall–Kier alpha value is -1.74. The van der Waals surface area contributed by atoms with E-state index < -0.39 is 10.0 Å². The van der Waals surface area contributed by atoms with Crippen molar-refractivity contribution in [3.63, 3.8) is 0 Å². The van der Waals surface area contributed by atoms with Crippen molar-refractivity contribution in [2.45, 2.75) is 23.5 Å². The maximum Gasteiger partial charge on any atom is 0.242 e. The van der Waals surface area contributed by atoms with E-state index in [1.54, 1.807) is 23.9 Å². The summed E-state index contributed by atoms with van der Waals surface area (Å²) in [5, 5.41) is 3.65. The van der Waals surface area contributed by atoms with Crippen LogP contribution in [0, 0.1) is 0 Å². The third-order valence-corrected chi connectivity index (χ3v) is 7.62. The molecule has 2 aromatic rings. The summed E-state index contributed by atoms with van der Waals surface area (Å²) >= 11 is 7.83. The number of nitrogens with one attached hydrogen (secondary N) is 1. The number of halogens is 1. The number of amides is 1. The van der Waals surface area contributed by atoms with Crippen LogP contribution in [0.3, 0.4) is 0 Å². The molecular weight excluding hydrogens is 444 g/mol. The van der Waals surface area contributed by atoms with E-state index in [0.29, 0.717) is 24.3 Å². The number of carbonyl (C=O) groups excluding carboxylic acids is 1. The lowest BCUT2D eigenvalue weighted by Gasteiger charge is -2.14. The molecule has 0 saturated carbocycles. The summed E-state index contributed by atoms with van der Waals surface area (Å²) in [4.78, 5) is 12.4. The van der Waals surface area contributed by atoms with Gasteiger partial charge in [-0.25, -0.2) is 12.7 Å². The number of benzene rings is 2. The lowest BCUT2D eigenvalue weighted by Crippen LogP contribution is -2.26. The average Bonchev–Trinajstić information content (AvgIpc) is 2.72. The largest absolute Gasteiger partial charge is 0.496 e. The zero-order valence-electron chi connectivity index (χ0n) is 17.4. The minimum absolute atomic E-state index is 0.0868. The number of ether oxygens (including phenoxy) is 1. The Morgan fingerprint density at radius 2 is 1.90 bits per heavy atom. The topological polar surface area (TPSA) is 75.7 Å². The molecule has 1 amide bonds. The van der Waals surface area contributed by atoms with Crippen LogP contribution >= 0.6 is 23.4 Å². The van der Waals surface area contributed by atoms with E-state index in [0.717, 1.165) is 26.4 Å². The number of hydrogen-bond donors (Lipinski definition) is 1. The van der Waals surface area contributed by atoms with Gasteiger partial charge in [-0.3, -0.25) is 4.79 Å². The Morgan fingerprint density at radius 3 is 2.57 bits per heavy atom. The quantitative estimate of drug-likeness (QED) is 0.508. The van der Waals surface area contributed by atoms with Gasteiger partial charge in [0, 0.05) is 43.6 Å². The fourth-order valence-corrected chi connectivity index (χ4v) is 4.82. The van der Waals surface area contributed by atoms with E-state index in [1.807, 2.05) is 24.3 Å². The highest BCUT2D eigenvalue weighted by Crippen LogP contribution is 2.25. The molecular formula is C21H27ClN2O4S2. The highest BCUT2D eigenvalue weighted by atomic mass is 35.5. The van der Waals surface area contributed by atoms with Crippen LogP contribution in [0.15, 0.2) is 47.4 Å². The van der Waals surface area contributed by atoms with Crippen LogP contribution in [0.25, 0.3) is 0 Å². The molecule has 0 aliphatic heterocycles. The van der Waals surface area contributed by atoms with Crippen molar-refractivity contribution in [3.8, 4) is 5.75 Å². The molecule has 0 radical (unpaired) electrons. The van der Waals surface area contributed by atoms with Crippen LogP contribution in [0.5, 0.6) is 5.75 Å². The SMILES string of the molecule is COc1ccc(S(=O)(=O)N(C)C)cc1CCC(=O)NCCSCc1ccccc1Cl. The van der Waals surface area contributed by atoms with Crippen molar-refractivity contribution >= 4 is 39.3 Å². The second-order valence-corrected chi connectivity index (χ2v) is 10.4. The molecule has 30 heavy (non-hydrogen) atoms. The minimum Gasteiger partial charge on any atom is -0.496 e. The molecule has 6 nitrogen and oxygen atoms in total. The first-order valence-electron chi connectivity index (χ1n) is 9.43. The molecule has 164 valence electrons. The molecule has 9 heteroatoms. The highest BCUT2D eigenvalue weighted by Gasteiger charge is 2.19. The first-order chi connectivity index (χ1) is 14.3. The van der Waals surface area contributed by atoms with Gasteiger partial charge >= 0.3 is 0 Å².